The van der Waals surface area contributed by atoms with E-state index in [0.29, 0.717) is 25.9 Å². The number of aliphatic hydroxyl groups is 1. The molecule has 0 aromatic heterocycles. The minimum absolute atomic E-state index is 0.0407. The summed E-state index contributed by atoms with van der Waals surface area (Å²) in [5, 5.41) is 15.7. The average molecular weight is 268 g/mol. The van der Waals surface area contributed by atoms with Crippen molar-refractivity contribution in [1.29, 1.82) is 0 Å². The van der Waals surface area contributed by atoms with E-state index in [1.54, 1.807) is 0 Å². The largest absolute Gasteiger partial charge is 0.388 e. The van der Waals surface area contributed by atoms with Gasteiger partial charge >= 0.3 is 0 Å². The quantitative estimate of drug-likeness (QED) is 0.595. The van der Waals surface area contributed by atoms with Gasteiger partial charge in [-0.25, -0.2) is 0 Å². The van der Waals surface area contributed by atoms with Crippen molar-refractivity contribution in [2.24, 2.45) is 5.92 Å². The molecule has 2 aliphatic rings. The molecule has 5 nitrogen and oxygen atoms in total. The third kappa shape index (κ3) is 4.82. The van der Waals surface area contributed by atoms with Crippen LogP contribution in [0, 0.1) is 5.92 Å². The lowest BCUT2D eigenvalue weighted by atomic mass is 10.0. The Morgan fingerprint density at radius 2 is 1.84 bits per heavy atom. The van der Waals surface area contributed by atoms with Crippen molar-refractivity contribution in [3.8, 4) is 0 Å². The van der Waals surface area contributed by atoms with E-state index in [-0.39, 0.29) is 17.7 Å². The van der Waals surface area contributed by atoms with E-state index in [0.717, 1.165) is 38.5 Å². The summed E-state index contributed by atoms with van der Waals surface area (Å²) >= 11 is 0. The summed E-state index contributed by atoms with van der Waals surface area (Å²) in [6.45, 7) is 0.924. The van der Waals surface area contributed by atoms with E-state index in [2.05, 4.69) is 10.6 Å². The van der Waals surface area contributed by atoms with Gasteiger partial charge in [-0.1, -0.05) is 12.8 Å². The third-order valence-corrected chi connectivity index (χ3v) is 3.98. The van der Waals surface area contributed by atoms with Gasteiger partial charge in [0.1, 0.15) is 0 Å². The number of nitrogens with one attached hydrogen (secondary N) is 2. The maximum Gasteiger partial charge on any atom is 0.223 e. The summed E-state index contributed by atoms with van der Waals surface area (Å²) in [7, 11) is 0. The van der Waals surface area contributed by atoms with Crippen LogP contribution in [0.5, 0.6) is 0 Å². The SMILES string of the molecule is O=C(CCCNC(=O)C1CC1)NCC1(O)CCCC1. The molecule has 0 unspecified atom stereocenters. The summed E-state index contributed by atoms with van der Waals surface area (Å²) in [6.07, 6.45) is 6.72. The highest BCUT2D eigenvalue weighted by Gasteiger charge is 2.31. The summed E-state index contributed by atoms with van der Waals surface area (Å²) in [6, 6.07) is 0. The first-order valence-electron chi connectivity index (χ1n) is 7.36. The predicted molar refractivity (Wildman–Crippen MR) is 71.4 cm³/mol. The number of rotatable bonds is 7. The average Bonchev–Trinajstić information content (AvgIpc) is 3.15. The predicted octanol–water partition coefficient (Wildman–Crippen LogP) is 0.714. The first kappa shape index (κ1) is 14.3. The van der Waals surface area contributed by atoms with Gasteiger partial charge < -0.3 is 15.7 Å². The maximum absolute atomic E-state index is 11.6. The van der Waals surface area contributed by atoms with Crippen LogP contribution >= 0.6 is 0 Å². The second kappa shape index (κ2) is 6.37. The Morgan fingerprint density at radius 1 is 1.16 bits per heavy atom. The fraction of sp³-hybridized carbons (Fsp3) is 0.857. The van der Waals surface area contributed by atoms with Crippen molar-refractivity contribution in [2.45, 2.75) is 57.0 Å². The van der Waals surface area contributed by atoms with Crippen molar-refractivity contribution in [3.63, 3.8) is 0 Å². The number of carbonyl (C=O) groups excluding carboxylic acids is 2. The molecule has 0 aliphatic heterocycles. The van der Waals surface area contributed by atoms with E-state index in [1.807, 2.05) is 0 Å². The third-order valence-electron chi connectivity index (χ3n) is 3.98. The van der Waals surface area contributed by atoms with Gasteiger partial charge in [-0.3, -0.25) is 9.59 Å². The Hall–Kier alpha value is -1.10. The molecule has 108 valence electrons. The number of hydrogen-bond acceptors (Lipinski definition) is 3. The van der Waals surface area contributed by atoms with Crippen LogP contribution in [0.15, 0.2) is 0 Å². The Kier molecular flexibility index (Phi) is 4.80. The standard InChI is InChI=1S/C14H24N2O3/c17-12(16-10-14(19)7-1-2-8-14)4-3-9-15-13(18)11-5-6-11/h11,19H,1-10H2,(H,15,18)(H,16,17). The van der Waals surface area contributed by atoms with Crippen LogP contribution in [-0.2, 0) is 9.59 Å². The molecule has 5 heteroatoms. The van der Waals surface area contributed by atoms with Crippen molar-refractivity contribution in [2.75, 3.05) is 13.1 Å². The van der Waals surface area contributed by atoms with Crippen LogP contribution in [-0.4, -0.2) is 35.6 Å². The zero-order chi connectivity index (χ0) is 13.7. The molecule has 0 heterocycles. The van der Waals surface area contributed by atoms with E-state index in [9.17, 15) is 14.7 Å². The molecular weight excluding hydrogens is 244 g/mol. The van der Waals surface area contributed by atoms with Gasteiger partial charge in [0.2, 0.25) is 11.8 Å². The first-order valence-corrected chi connectivity index (χ1v) is 7.36. The summed E-state index contributed by atoms with van der Waals surface area (Å²) < 4.78 is 0. The van der Waals surface area contributed by atoms with Crippen LogP contribution in [0.1, 0.15) is 51.4 Å². The molecular formula is C14H24N2O3. The van der Waals surface area contributed by atoms with E-state index >= 15 is 0 Å². The van der Waals surface area contributed by atoms with E-state index < -0.39 is 5.60 Å². The van der Waals surface area contributed by atoms with Crippen molar-refractivity contribution in [3.05, 3.63) is 0 Å². The topological polar surface area (TPSA) is 78.4 Å². The second-order valence-corrected chi connectivity index (χ2v) is 5.88. The molecule has 2 fully saturated rings. The Labute approximate surface area is 114 Å². The van der Waals surface area contributed by atoms with Crippen molar-refractivity contribution in [1.82, 2.24) is 10.6 Å². The summed E-state index contributed by atoms with van der Waals surface area (Å²) in [5.41, 5.74) is -0.685. The lowest BCUT2D eigenvalue weighted by Crippen LogP contribution is -2.40. The van der Waals surface area contributed by atoms with Gasteiger partial charge in [0.05, 0.1) is 5.60 Å². The first-order chi connectivity index (χ1) is 9.09. The molecule has 0 atom stereocenters. The van der Waals surface area contributed by atoms with Crippen LogP contribution in [0.2, 0.25) is 0 Å². The van der Waals surface area contributed by atoms with Gasteiger partial charge in [0, 0.05) is 25.4 Å². The molecule has 2 amide bonds. The van der Waals surface area contributed by atoms with Crippen molar-refractivity contribution < 1.29 is 14.7 Å². The van der Waals surface area contributed by atoms with Crippen LogP contribution < -0.4 is 10.6 Å². The van der Waals surface area contributed by atoms with Crippen LogP contribution in [0.4, 0.5) is 0 Å². The molecule has 2 saturated carbocycles. The minimum atomic E-state index is -0.685. The fourth-order valence-corrected chi connectivity index (χ4v) is 2.51. The van der Waals surface area contributed by atoms with Gasteiger partial charge in [0.25, 0.3) is 0 Å². The molecule has 19 heavy (non-hydrogen) atoms. The normalized spacial score (nSPS) is 21.1. The Bertz CT molecular complexity index is 334. The second-order valence-electron chi connectivity index (χ2n) is 5.88. The van der Waals surface area contributed by atoms with Gasteiger partial charge in [-0.05, 0) is 32.1 Å². The van der Waals surface area contributed by atoms with E-state index in [4.69, 9.17) is 0 Å². The molecule has 0 saturated heterocycles. The Balaban J connectivity index is 1.50. The molecule has 0 aromatic rings. The zero-order valence-corrected chi connectivity index (χ0v) is 11.4. The highest BCUT2D eigenvalue weighted by molar-refractivity contribution is 5.81. The molecule has 0 spiro atoms. The lowest BCUT2D eigenvalue weighted by Gasteiger charge is -2.22. The molecule has 2 aliphatic carbocycles. The number of carbonyl (C=O) groups is 2. The summed E-state index contributed by atoms with van der Waals surface area (Å²) in [5.74, 6) is 0.312. The Morgan fingerprint density at radius 3 is 2.47 bits per heavy atom. The monoisotopic (exact) mass is 268 g/mol. The van der Waals surface area contributed by atoms with Gasteiger partial charge in [0.15, 0.2) is 0 Å². The lowest BCUT2D eigenvalue weighted by molar-refractivity contribution is -0.124. The molecule has 3 N–H and O–H groups in total. The highest BCUT2D eigenvalue weighted by Crippen LogP contribution is 2.29. The van der Waals surface area contributed by atoms with Crippen LogP contribution in [0.3, 0.4) is 0 Å². The zero-order valence-electron chi connectivity index (χ0n) is 11.4. The van der Waals surface area contributed by atoms with Gasteiger partial charge in [-0.2, -0.15) is 0 Å². The molecule has 2 rings (SSSR count). The van der Waals surface area contributed by atoms with E-state index in [1.165, 1.54) is 0 Å². The van der Waals surface area contributed by atoms with Crippen LogP contribution in [0.25, 0.3) is 0 Å². The minimum Gasteiger partial charge on any atom is -0.388 e. The molecule has 0 bridgehead atoms. The summed E-state index contributed by atoms with van der Waals surface area (Å²) in [4.78, 5) is 22.9. The number of hydrogen-bond donors (Lipinski definition) is 3. The highest BCUT2D eigenvalue weighted by atomic mass is 16.3. The fourth-order valence-electron chi connectivity index (χ4n) is 2.51. The van der Waals surface area contributed by atoms with Crippen molar-refractivity contribution >= 4 is 11.8 Å². The smallest absolute Gasteiger partial charge is 0.223 e. The molecule has 0 aromatic carbocycles. The maximum atomic E-state index is 11.6. The van der Waals surface area contributed by atoms with Gasteiger partial charge in [-0.15, -0.1) is 0 Å². The number of amides is 2. The molecule has 0 radical (unpaired) electrons.